The fraction of sp³-hybridized carbons (Fsp3) is 0. The second-order valence-corrected chi connectivity index (χ2v) is 7.99. The highest BCUT2D eigenvalue weighted by atomic mass is 31.2. The van der Waals surface area contributed by atoms with Gasteiger partial charge in [-0.05, 0) is 57.9 Å². The summed E-state index contributed by atoms with van der Waals surface area (Å²) in [5.41, 5.74) is 2.83. The summed E-state index contributed by atoms with van der Waals surface area (Å²) in [6, 6.07) is 18.1. The van der Waals surface area contributed by atoms with Crippen molar-refractivity contribution in [1.82, 2.24) is 0 Å². The zero-order valence-electron chi connectivity index (χ0n) is 15.0. The van der Waals surface area contributed by atoms with E-state index < -0.39 is 7.82 Å². The Morgan fingerprint density at radius 2 is 1.17 bits per heavy atom. The lowest BCUT2D eigenvalue weighted by atomic mass is 9.91. The lowest BCUT2D eigenvalue weighted by Crippen LogP contribution is -1.97. The van der Waals surface area contributed by atoms with Crippen LogP contribution in [0.15, 0.2) is 60.7 Å². The van der Waals surface area contributed by atoms with E-state index in [1.165, 1.54) is 0 Å². The molecular formula is C24H13O4P. The molecule has 0 aromatic heterocycles. The number of benzene rings is 4. The van der Waals surface area contributed by atoms with Crippen molar-refractivity contribution in [3.8, 4) is 47.3 Å². The molecular weight excluding hydrogens is 383 g/mol. The predicted molar refractivity (Wildman–Crippen MR) is 114 cm³/mol. The van der Waals surface area contributed by atoms with Gasteiger partial charge in [0.2, 0.25) is 0 Å². The van der Waals surface area contributed by atoms with E-state index in [0.717, 1.165) is 32.7 Å². The topological polar surface area (TPSA) is 55.8 Å². The van der Waals surface area contributed by atoms with Crippen LogP contribution in [0, 0.1) is 24.7 Å². The molecule has 29 heavy (non-hydrogen) atoms. The van der Waals surface area contributed by atoms with Gasteiger partial charge in [-0.3, -0.25) is 4.89 Å². The van der Waals surface area contributed by atoms with Crippen molar-refractivity contribution in [2.75, 3.05) is 0 Å². The summed E-state index contributed by atoms with van der Waals surface area (Å²) in [4.78, 5) is 10.2. The Morgan fingerprint density at radius 3 is 1.59 bits per heavy atom. The first kappa shape index (κ1) is 17.4. The van der Waals surface area contributed by atoms with E-state index in [4.69, 9.17) is 21.9 Å². The summed E-state index contributed by atoms with van der Waals surface area (Å²) < 4.78 is 23.3. The van der Waals surface area contributed by atoms with Gasteiger partial charge in [0.15, 0.2) is 0 Å². The third kappa shape index (κ3) is 2.75. The monoisotopic (exact) mass is 396 g/mol. The third-order valence-electron chi connectivity index (χ3n) is 4.97. The molecule has 1 N–H and O–H groups in total. The van der Waals surface area contributed by atoms with E-state index in [1.807, 2.05) is 48.5 Å². The van der Waals surface area contributed by atoms with Crippen molar-refractivity contribution in [2.24, 2.45) is 0 Å². The van der Waals surface area contributed by atoms with Crippen LogP contribution in [0.2, 0.25) is 0 Å². The van der Waals surface area contributed by atoms with Crippen molar-refractivity contribution in [2.45, 2.75) is 0 Å². The molecule has 138 valence electrons. The summed E-state index contributed by atoms with van der Waals surface area (Å²) >= 11 is 0. The van der Waals surface area contributed by atoms with E-state index in [0.29, 0.717) is 11.1 Å². The van der Waals surface area contributed by atoms with Gasteiger partial charge >= 0.3 is 7.82 Å². The highest BCUT2D eigenvalue weighted by molar-refractivity contribution is 7.48. The molecule has 1 heterocycles. The molecule has 0 spiro atoms. The van der Waals surface area contributed by atoms with E-state index in [9.17, 15) is 9.46 Å². The van der Waals surface area contributed by atoms with Crippen LogP contribution in [0.3, 0.4) is 0 Å². The van der Waals surface area contributed by atoms with Crippen molar-refractivity contribution in [3.05, 3.63) is 71.8 Å². The van der Waals surface area contributed by atoms with Gasteiger partial charge < -0.3 is 9.05 Å². The molecule has 0 unspecified atom stereocenters. The molecule has 4 aromatic rings. The zero-order valence-corrected chi connectivity index (χ0v) is 15.9. The Morgan fingerprint density at radius 1 is 0.724 bits per heavy atom. The molecule has 0 saturated heterocycles. The Balaban J connectivity index is 1.96. The normalized spacial score (nSPS) is 13.9. The smallest absolute Gasteiger partial charge is 0.395 e. The fourth-order valence-corrected chi connectivity index (χ4v) is 4.57. The first-order chi connectivity index (χ1) is 14.0. The molecule has 4 aromatic carbocycles. The lowest BCUT2D eigenvalue weighted by Gasteiger charge is -2.13. The Labute approximate surface area is 167 Å². The number of hydrogen-bond donors (Lipinski definition) is 1. The summed E-state index contributed by atoms with van der Waals surface area (Å²) in [7, 11) is -4.35. The average molecular weight is 396 g/mol. The van der Waals surface area contributed by atoms with Crippen LogP contribution < -0.4 is 9.05 Å². The molecule has 0 bridgehead atoms. The number of rotatable bonds is 0. The van der Waals surface area contributed by atoms with Gasteiger partial charge in [-0.15, -0.1) is 12.8 Å². The standard InChI is InChI=1S/C24H13O4P/c1-3-15-5-9-19-17(13-15)7-11-21-23(19)24-20-10-6-16(4-2)14-18(20)8-12-22(24)28-29(25,26)27-21/h1-2,5-14H,(H,25,26). The number of phosphoric ester groups is 1. The number of fused-ring (bicyclic) bond motifs is 7. The number of hydrogen-bond acceptors (Lipinski definition) is 3. The van der Waals surface area contributed by atoms with Crippen LogP contribution in [-0.4, -0.2) is 4.89 Å². The number of phosphoric acid groups is 1. The highest BCUT2D eigenvalue weighted by Crippen LogP contribution is 2.56. The second kappa shape index (κ2) is 6.16. The maximum absolute atomic E-state index is 12.5. The largest absolute Gasteiger partial charge is 0.584 e. The van der Waals surface area contributed by atoms with Crippen molar-refractivity contribution in [1.29, 1.82) is 0 Å². The van der Waals surface area contributed by atoms with Crippen LogP contribution in [0.25, 0.3) is 32.7 Å². The maximum Gasteiger partial charge on any atom is 0.584 e. The molecule has 5 rings (SSSR count). The van der Waals surface area contributed by atoms with Crippen LogP contribution in [0.5, 0.6) is 11.5 Å². The van der Waals surface area contributed by atoms with Crippen molar-refractivity contribution in [3.63, 3.8) is 0 Å². The fourth-order valence-electron chi connectivity index (χ4n) is 3.73. The Kier molecular flexibility index (Phi) is 3.70. The quantitative estimate of drug-likeness (QED) is 0.315. The van der Waals surface area contributed by atoms with Gasteiger partial charge in [0.05, 0.1) is 0 Å². The molecule has 0 amide bonds. The third-order valence-corrected chi connectivity index (χ3v) is 5.83. The van der Waals surface area contributed by atoms with Crippen LogP contribution in [0.4, 0.5) is 0 Å². The van der Waals surface area contributed by atoms with E-state index in [2.05, 4.69) is 11.8 Å². The zero-order chi connectivity index (χ0) is 20.2. The van der Waals surface area contributed by atoms with Crippen molar-refractivity contribution >= 4 is 29.4 Å². The van der Waals surface area contributed by atoms with Crippen LogP contribution >= 0.6 is 7.82 Å². The van der Waals surface area contributed by atoms with E-state index in [1.54, 1.807) is 12.1 Å². The molecule has 0 aliphatic carbocycles. The Bertz CT molecular complexity index is 1360. The van der Waals surface area contributed by atoms with E-state index >= 15 is 0 Å². The summed E-state index contributed by atoms with van der Waals surface area (Å²) in [6.07, 6.45) is 11.1. The molecule has 1 aliphatic heterocycles. The molecule has 0 atom stereocenters. The lowest BCUT2D eigenvalue weighted by molar-refractivity contribution is 0.294. The first-order valence-corrected chi connectivity index (χ1v) is 10.3. The molecule has 5 heteroatoms. The molecule has 1 aliphatic rings. The SMILES string of the molecule is C#Cc1ccc2c3c(ccc2c1)OP(=O)(O)Oc1ccc2cc(C#C)ccc2c1-3. The molecule has 0 fully saturated rings. The second-order valence-electron chi connectivity index (χ2n) is 6.69. The number of terminal acetylenes is 2. The average Bonchev–Trinajstić information content (AvgIpc) is 2.84. The van der Waals surface area contributed by atoms with Gasteiger partial charge in [-0.2, -0.15) is 0 Å². The van der Waals surface area contributed by atoms with Gasteiger partial charge in [-0.1, -0.05) is 36.1 Å². The maximum atomic E-state index is 12.5. The van der Waals surface area contributed by atoms with Gasteiger partial charge in [0.25, 0.3) is 0 Å². The minimum Gasteiger partial charge on any atom is -0.395 e. The van der Waals surface area contributed by atoms with Gasteiger partial charge in [0, 0.05) is 22.3 Å². The molecule has 0 saturated carbocycles. The van der Waals surface area contributed by atoms with Crippen molar-refractivity contribution < 1.29 is 18.5 Å². The highest BCUT2D eigenvalue weighted by Gasteiger charge is 2.33. The summed E-state index contributed by atoms with van der Waals surface area (Å²) in [5.74, 6) is 5.79. The van der Waals surface area contributed by atoms with E-state index in [-0.39, 0.29) is 11.5 Å². The summed E-state index contributed by atoms with van der Waals surface area (Å²) in [6.45, 7) is 0. The van der Waals surface area contributed by atoms with Gasteiger partial charge in [0.1, 0.15) is 11.5 Å². The van der Waals surface area contributed by atoms with Crippen LogP contribution in [0.1, 0.15) is 11.1 Å². The minimum atomic E-state index is -4.35. The first-order valence-electron chi connectivity index (χ1n) is 8.78. The molecule has 0 radical (unpaired) electrons. The summed E-state index contributed by atoms with van der Waals surface area (Å²) in [5, 5.41) is 3.45. The molecule has 4 nitrogen and oxygen atoms in total. The van der Waals surface area contributed by atoms with Crippen LogP contribution in [-0.2, 0) is 4.57 Å². The minimum absolute atomic E-state index is 0.268. The Hall–Kier alpha value is -3.69. The van der Waals surface area contributed by atoms with Gasteiger partial charge in [-0.25, -0.2) is 4.57 Å². The predicted octanol–water partition coefficient (Wildman–Crippen LogP) is 5.49.